The van der Waals surface area contributed by atoms with Crippen molar-refractivity contribution in [2.24, 2.45) is 0 Å². The molecule has 0 spiro atoms. The van der Waals surface area contributed by atoms with Crippen molar-refractivity contribution < 1.29 is 14.6 Å². The summed E-state index contributed by atoms with van der Waals surface area (Å²) in [6, 6.07) is 6.46. The summed E-state index contributed by atoms with van der Waals surface area (Å²) >= 11 is 1.69. The first kappa shape index (κ1) is 18.3. The van der Waals surface area contributed by atoms with E-state index in [2.05, 4.69) is 28.6 Å². The van der Waals surface area contributed by atoms with Crippen LogP contribution in [0, 0.1) is 0 Å². The SMILES string of the molecule is CCCc1nnc(SCCCOc2ccc(C(=O)O)cc2)n1CC. The van der Waals surface area contributed by atoms with Gasteiger partial charge in [-0.2, -0.15) is 0 Å². The molecule has 6 nitrogen and oxygen atoms in total. The molecule has 0 saturated heterocycles. The number of thioether (sulfide) groups is 1. The average molecular weight is 349 g/mol. The van der Waals surface area contributed by atoms with E-state index >= 15 is 0 Å². The van der Waals surface area contributed by atoms with Crippen LogP contribution in [0.25, 0.3) is 0 Å². The molecule has 24 heavy (non-hydrogen) atoms. The maximum absolute atomic E-state index is 10.8. The van der Waals surface area contributed by atoms with Gasteiger partial charge < -0.3 is 14.4 Å². The summed E-state index contributed by atoms with van der Waals surface area (Å²) in [6.45, 7) is 5.72. The molecule has 0 bridgehead atoms. The van der Waals surface area contributed by atoms with Crippen LogP contribution in [0.2, 0.25) is 0 Å². The molecule has 0 aliphatic heterocycles. The van der Waals surface area contributed by atoms with Crippen LogP contribution in [-0.4, -0.2) is 38.2 Å². The number of hydrogen-bond acceptors (Lipinski definition) is 5. The number of carboxylic acid groups (broad SMARTS) is 1. The summed E-state index contributed by atoms with van der Waals surface area (Å²) in [7, 11) is 0. The van der Waals surface area contributed by atoms with E-state index in [4.69, 9.17) is 9.84 Å². The molecule has 7 heteroatoms. The molecule has 0 unspecified atom stereocenters. The molecule has 1 aromatic heterocycles. The second-order valence-corrected chi connectivity index (χ2v) is 6.34. The van der Waals surface area contributed by atoms with E-state index in [1.807, 2.05) is 0 Å². The van der Waals surface area contributed by atoms with Crippen LogP contribution >= 0.6 is 11.8 Å². The Morgan fingerprint density at radius 3 is 2.62 bits per heavy atom. The van der Waals surface area contributed by atoms with Gasteiger partial charge in [-0.1, -0.05) is 18.7 Å². The zero-order valence-corrected chi connectivity index (χ0v) is 14.9. The van der Waals surface area contributed by atoms with Crippen molar-refractivity contribution in [2.75, 3.05) is 12.4 Å². The standard InChI is InChI=1S/C17H23N3O3S/c1-3-6-15-18-19-17(20(15)4-2)24-12-5-11-23-14-9-7-13(8-10-14)16(21)22/h7-10H,3-6,11-12H2,1-2H3,(H,21,22). The van der Waals surface area contributed by atoms with E-state index in [0.29, 0.717) is 12.4 Å². The molecule has 1 heterocycles. The second-order valence-electron chi connectivity index (χ2n) is 5.27. The monoisotopic (exact) mass is 349 g/mol. The van der Waals surface area contributed by atoms with Crippen molar-refractivity contribution in [2.45, 2.75) is 44.8 Å². The van der Waals surface area contributed by atoms with Gasteiger partial charge >= 0.3 is 5.97 Å². The van der Waals surface area contributed by atoms with Gasteiger partial charge in [-0.05, 0) is 44.0 Å². The molecule has 0 fully saturated rings. The lowest BCUT2D eigenvalue weighted by molar-refractivity contribution is 0.0697. The molecule has 130 valence electrons. The van der Waals surface area contributed by atoms with E-state index < -0.39 is 5.97 Å². The third-order valence-electron chi connectivity index (χ3n) is 3.47. The van der Waals surface area contributed by atoms with Gasteiger partial charge in [0.25, 0.3) is 0 Å². The summed E-state index contributed by atoms with van der Waals surface area (Å²) in [6.07, 6.45) is 2.90. The van der Waals surface area contributed by atoms with E-state index in [9.17, 15) is 4.79 Å². The van der Waals surface area contributed by atoms with Crippen LogP contribution < -0.4 is 4.74 Å². The Morgan fingerprint density at radius 1 is 1.25 bits per heavy atom. The number of carboxylic acids is 1. The highest BCUT2D eigenvalue weighted by atomic mass is 32.2. The smallest absolute Gasteiger partial charge is 0.335 e. The molecule has 0 aliphatic rings. The number of ether oxygens (including phenoxy) is 1. The fourth-order valence-corrected chi connectivity index (χ4v) is 3.19. The van der Waals surface area contributed by atoms with E-state index in [0.717, 1.165) is 42.5 Å². The quantitative estimate of drug-likeness (QED) is 0.522. The Kier molecular flexibility index (Phi) is 7.11. The van der Waals surface area contributed by atoms with Crippen LogP contribution in [0.3, 0.4) is 0 Å². The molecule has 0 saturated carbocycles. The number of aromatic carboxylic acids is 1. The molecular weight excluding hydrogens is 326 g/mol. The first-order chi connectivity index (χ1) is 11.7. The van der Waals surface area contributed by atoms with E-state index in [-0.39, 0.29) is 5.56 Å². The van der Waals surface area contributed by atoms with Gasteiger partial charge in [0, 0.05) is 18.7 Å². The van der Waals surface area contributed by atoms with Crippen molar-refractivity contribution in [1.29, 1.82) is 0 Å². The highest BCUT2D eigenvalue weighted by Gasteiger charge is 2.10. The highest BCUT2D eigenvalue weighted by Crippen LogP contribution is 2.19. The lowest BCUT2D eigenvalue weighted by Crippen LogP contribution is -2.04. The summed E-state index contributed by atoms with van der Waals surface area (Å²) in [5.41, 5.74) is 0.264. The summed E-state index contributed by atoms with van der Waals surface area (Å²) < 4.78 is 7.80. The number of benzene rings is 1. The fraction of sp³-hybridized carbons (Fsp3) is 0.471. The van der Waals surface area contributed by atoms with Crippen LogP contribution in [0.1, 0.15) is 42.9 Å². The van der Waals surface area contributed by atoms with Gasteiger partial charge in [0.1, 0.15) is 11.6 Å². The van der Waals surface area contributed by atoms with Gasteiger partial charge in [-0.15, -0.1) is 10.2 Å². The lowest BCUT2D eigenvalue weighted by atomic mass is 10.2. The molecule has 1 aromatic carbocycles. The normalized spacial score (nSPS) is 10.8. The van der Waals surface area contributed by atoms with Crippen LogP contribution in [-0.2, 0) is 13.0 Å². The number of nitrogens with zero attached hydrogens (tertiary/aromatic N) is 3. The minimum atomic E-state index is -0.930. The van der Waals surface area contributed by atoms with Crippen molar-refractivity contribution >= 4 is 17.7 Å². The largest absolute Gasteiger partial charge is 0.494 e. The number of rotatable bonds is 10. The maximum atomic E-state index is 10.8. The van der Waals surface area contributed by atoms with Crippen molar-refractivity contribution in [3.05, 3.63) is 35.7 Å². The molecule has 2 aromatic rings. The predicted octanol–water partition coefficient (Wildman–Crippen LogP) is 3.51. The average Bonchev–Trinajstić information content (AvgIpc) is 2.97. The van der Waals surface area contributed by atoms with Crippen LogP contribution in [0.4, 0.5) is 0 Å². The van der Waals surface area contributed by atoms with E-state index in [1.54, 1.807) is 36.0 Å². The Balaban J connectivity index is 1.74. The molecule has 0 aliphatic carbocycles. The Morgan fingerprint density at radius 2 is 2.00 bits per heavy atom. The number of aromatic nitrogens is 3. The van der Waals surface area contributed by atoms with Crippen LogP contribution in [0.5, 0.6) is 5.75 Å². The maximum Gasteiger partial charge on any atom is 0.335 e. The zero-order valence-electron chi connectivity index (χ0n) is 14.1. The van der Waals surface area contributed by atoms with E-state index in [1.165, 1.54) is 0 Å². The minimum Gasteiger partial charge on any atom is -0.494 e. The number of aryl methyl sites for hydroxylation is 1. The lowest BCUT2D eigenvalue weighted by Gasteiger charge is -2.08. The summed E-state index contributed by atoms with van der Waals surface area (Å²) in [5, 5.41) is 18.3. The molecule has 0 radical (unpaired) electrons. The minimum absolute atomic E-state index is 0.264. The fourth-order valence-electron chi connectivity index (χ4n) is 2.26. The first-order valence-electron chi connectivity index (χ1n) is 8.16. The zero-order chi connectivity index (χ0) is 17.4. The number of hydrogen-bond donors (Lipinski definition) is 1. The summed E-state index contributed by atoms with van der Waals surface area (Å²) in [5.74, 6) is 1.71. The third kappa shape index (κ3) is 4.99. The van der Waals surface area contributed by atoms with Crippen LogP contribution in [0.15, 0.2) is 29.4 Å². The summed E-state index contributed by atoms with van der Waals surface area (Å²) in [4.78, 5) is 10.8. The highest BCUT2D eigenvalue weighted by molar-refractivity contribution is 7.99. The molecule has 0 atom stereocenters. The third-order valence-corrected chi connectivity index (χ3v) is 4.53. The van der Waals surface area contributed by atoms with Gasteiger partial charge in [0.05, 0.1) is 12.2 Å². The first-order valence-corrected chi connectivity index (χ1v) is 9.15. The molecular formula is C17H23N3O3S. The number of carbonyl (C=O) groups is 1. The van der Waals surface area contributed by atoms with Gasteiger partial charge in [0.15, 0.2) is 5.16 Å². The Labute approximate surface area is 146 Å². The second kappa shape index (κ2) is 9.32. The Hall–Kier alpha value is -2.02. The molecule has 0 amide bonds. The van der Waals surface area contributed by atoms with Gasteiger partial charge in [0.2, 0.25) is 0 Å². The van der Waals surface area contributed by atoms with Gasteiger partial charge in [-0.25, -0.2) is 4.79 Å². The topological polar surface area (TPSA) is 77.2 Å². The predicted molar refractivity (Wildman–Crippen MR) is 93.9 cm³/mol. The molecule has 2 rings (SSSR count). The molecule has 1 N–H and O–H groups in total. The Bertz CT molecular complexity index is 656. The van der Waals surface area contributed by atoms with Crippen molar-refractivity contribution in [1.82, 2.24) is 14.8 Å². The van der Waals surface area contributed by atoms with Crippen molar-refractivity contribution in [3.8, 4) is 5.75 Å². The van der Waals surface area contributed by atoms with Crippen molar-refractivity contribution in [3.63, 3.8) is 0 Å². The van der Waals surface area contributed by atoms with Gasteiger partial charge in [-0.3, -0.25) is 0 Å².